The lowest BCUT2D eigenvalue weighted by Crippen LogP contribution is -2.59. The van der Waals surface area contributed by atoms with Gasteiger partial charge in [0.2, 0.25) is 10.0 Å². The largest absolute Gasteiger partial charge is 0.397 e. The monoisotopic (exact) mass is 357 g/mol. The zero-order valence-electron chi connectivity index (χ0n) is 13.1. The van der Waals surface area contributed by atoms with Gasteiger partial charge in [-0.1, -0.05) is 0 Å². The van der Waals surface area contributed by atoms with Gasteiger partial charge in [-0.25, -0.2) is 13.1 Å². The summed E-state index contributed by atoms with van der Waals surface area (Å²) in [4.78, 5) is 3.09. The fourth-order valence-corrected chi connectivity index (χ4v) is 4.58. The highest BCUT2D eigenvalue weighted by Crippen LogP contribution is 2.40. The van der Waals surface area contributed by atoms with Crippen molar-refractivity contribution < 1.29 is 13.5 Å². The zero-order chi connectivity index (χ0) is 16.9. The highest BCUT2D eigenvalue weighted by atomic mass is 32.2. The van der Waals surface area contributed by atoms with Crippen LogP contribution in [0.5, 0.6) is 0 Å². The summed E-state index contributed by atoms with van der Waals surface area (Å²) < 4.78 is 24.9. The molecule has 0 aliphatic carbocycles. The van der Waals surface area contributed by atoms with Crippen molar-refractivity contribution in [1.29, 1.82) is 0 Å². The SMILES string of the molecule is Cc1nnc2sc(C(O)N3CC(NS(C)(=O)=O)C3)c(N)c2c1C. The molecule has 2 aromatic heterocycles. The number of hydrogen-bond donors (Lipinski definition) is 3. The van der Waals surface area contributed by atoms with Gasteiger partial charge in [0.25, 0.3) is 0 Å². The molecule has 0 amide bonds. The third-order valence-corrected chi connectivity index (χ3v) is 5.93. The van der Waals surface area contributed by atoms with Gasteiger partial charge in [-0.3, -0.25) is 4.90 Å². The van der Waals surface area contributed by atoms with E-state index in [2.05, 4.69) is 14.9 Å². The summed E-state index contributed by atoms with van der Waals surface area (Å²) in [6, 6.07) is -0.181. The van der Waals surface area contributed by atoms with Gasteiger partial charge >= 0.3 is 0 Å². The number of hydrogen-bond acceptors (Lipinski definition) is 8. The topological polar surface area (TPSA) is 121 Å². The van der Waals surface area contributed by atoms with E-state index < -0.39 is 16.3 Å². The maximum Gasteiger partial charge on any atom is 0.209 e. The van der Waals surface area contributed by atoms with Crippen molar-refractivity contribution in [2.45, 2.75) is 26.1 Å². The molecule has 0 bridgehead atoms. The molecule has 1 aliphatic heterocycles. The molecule has 1 aliphatic rings. The summed E-state index contributed by atoms with van der Waals surface area (Å²) >= 11 is 1.32. The number of aliphatic hydroxyl groups excluding tert-OH is 1. The first-order chi connectivity index (χ1) is 10.7. The molecule has 1 saturated heterocycles. The number of nitrogen functional groups attached to an aromatic ring is 1. The molecule has 8 nitrogen and oxygen atoms in total. The van der Waals surface area contributed by atoms with Crippen LogP contribution in [-0.2, 0) is 10.0 Å². The highest BCUT2D eigenvalue weighted by molar-refractivity contribution is 7.88. The van der Waals surface area contributed by atoms with Gasteiger partial charge in [-0.2, -0.15) is 5.10 Å². The first-order valence-electron chi connectivity index (χ1n) is 7.08. The minimum Gasteiger partial charge on any atom is -0.397 e. The predicted octanol–water partition coefficient (Wildman–Crippen LogP) is 0.115. The Labute approximate surface area is 138 Å². The number of likely N-dealkylation sites (tertiary alicyclic amines) is 1. The highest BCUT2D eigenvalue weighted by Gasteiger charge is 2.35. The summed E-state index contributed by atoms with van der Waals surface area (Å²) in [5.41, 5.74) is 8.50. The number of nitrogens with zero attached hydrogens (tertiary/aromatic N) is 3. The van der Waals surface area contributed by atoms with E-state index in [-0.39, 0.29) is 6.04 Å². The minimum atomic E-state index is -3.24. The van der Waals surface area contributed by atoms with Crippen molar-refractivity contribution in [3.8, 4) is 0 Å². The molecule has 2 aromatic rings. The molecule has 3 heterocycles. The number of thiophene rings is 1. The lowest BCUT2D eigenvalue weighted by molar-refractivity contribution is -0.0468. The number of aliphatic hydroxyl groups is 1. The molecule has 0 saturated carbocycles. The average molecular weight is 357 g/mol. The number of rotatable bonds is 4. The lowest BCUT2D eigenvalue weighted by atomic mass is 10.1. The van der Waals surface area contributed by atoms with Crippen molar-refractivity contribution in [2.75, 3.05) is 25.1 Å². The number of fused-ring (bicyclic) bond motifs is 1. The number of nitrogens with one attached hydrogen (secondary N) is 1. The Morgan fingerprint density at radius 2 is 2.04 bits per heavy atom. The number of aryl methyl sites for hydroxylation is 2. The van der Waals surface area contributed by atoms with Crippen LogP contribution >= 0.6 is 11.3 Å². The quantitative estimate of drug-likeness (QED) is 0.710. The Morgan fingerprint density at radius 3 is 2.65 bits per heavy atom. The van der Waals surface area contributed by atoms with Gasteiger partial charge in [-0.05, 0) is 19.4 Å². The average Bonchev–Trinajstić information content (AvgIpc) is 2.74. The number of aromatic nitrogens is 2. The summed E-state index contributed by atoms with van der Waals surface area (Å²) in [5.74, 6) is 0. The van der Waals surface area contributed by atoms with E-state index in [4.69, 9.17) is 5.73 Å². The van der Waals surface area contributed by atoms with E-state index in [1.54, 1.807) is 4.90 Å². The third kappa shape index (κ3) is 3.04. The molecular formula is C13H19N5O3S2. The summed E-state index contributed by atoms with van der Waals surface area (Å²) in [7, 11) is -3.24. The number of sulfonamides is 1. The summed E-state index contributed by atoms with van der Waals surface area (Å²) in [6.45, 7) is 4.67. The molecule has 10 heteroatoms. The molecule has 126 valence electrons. The maximum absolute atomic E-state index is 11.2. The molecule has 0 aromatic carbocycles. The van der Waals surface area contributed by atoms with Gasteiger partial charge < -0.3 is 10.8 Å². The van der Waals surface area contributed by atoms with Crippen molar-refractivity contribution >= 4 is 37.3 Å². The van der Waals surface area contributed by atoms with Crippen LogP contribution < -0.4 is 10.5 Å². The van der Waals surface area contributed by atoms with Gasteiger partial charge in [0.15, 0.2) is 0 Å². The second-order valence-corrected chi connectivity index (χ2v) is 8.70. The van der Waals surface area contributed by atoms with Crippen LogP contribution in [0.4, 0.5) is 5.69 Å². The molecular weight excluding hydrogens is 338 g/mol. The third-order valence-electron chi connectivity index (χ3n) is 4.03. The Kier molecular flexibility index (Phi) is 4.05. The van der Waals surface area contributed by atoms with Crippen LogP contribution in [0, 0.1) is 13.8 Å². The Hall–Kier alpha value is -1.33. The molecule has 1 unspecified atom stereocenters. The first-order valence-corrected chi connectivity index (χ1v) is 9.79. The number of nitrogens with two attached hydrogens (primary N) is 1. The van der Waals surface area contributed by atoms with Crippen LogP contribution in [0.25, 0.3) is 10.2 Å². The number of anilines is 1. The lowest BCUT2D eigenvalue weighted by Gasteiger charge is -2.41. The maximum atomic E-state index is 11.2. The van der Waals surface area contributed by atoms with E-state index in [0.717, 1.165) is 22.9 Å². The van der Waals surface area contributed by atoms with Gasteiger partial charge in [0.1, 0.15) is 11.1 Å². The van der Waals surface area contributed by atoms with E-state index in [1.165, 1.54) is 11.3 Å². The molecule has 3 rings (SSSR count). The molecule has 1 atom stereocenters. The molecule has 0 radical (unpaired) electrons. The minimum absolute atomic E-state index is 0.181. The van der Waals surface area contributed by atoms with Gasteiger partial charge in [0, 0.05) is 24.5 Å². The summed E-state index contributed by atoms with van der Waals surface area (Å²) in [5, 5.41) is 19.6. The normalized spacial score (nSPS) is 18.3. The molecule has 4 N–H and O–H groups in total. The van der Waals surface area contributed by atoms with Gasteiger partial charge in [-0.15, -0.1) is 16.4 Å². The Bertz CT molecular complexity index is 858. The van der Waals surface area contributed by atoms with Crippen LogP contribution in [0.15, 0.2) is 0 Å². The van der Waals surface area contributed by atoms with E-state index in [0.29, 0.717) is 28.5 Å². The van der Waals surface area contributed by atoms with Crippen molar-refractivity contribution in [2.24, 2.45) is 0 Å². The Morgan fingerprint density at radius 1 is 1.39 bits per heavy atom. The standard InChI is InChI=1S/C13H19N5O3S2/c1-6-7(2)15-16-12-9(6)10(14)11(22-12)13(19)18-4-8(5-18)17-23(3,20)21/h8,13,17,19H,4-5,14H2,1-3H3. The fourth-order valence-electron chi connectivity index (χ4n) is 2.70. The smallest absolute Gasteiger partial charge is 0.209 e. The second kappa shape index (κ2) is 5.64. The van der Waals surface area contributed by atoms with E-state index in [9.17, 15) is 13.5 Å². The van der Waals surface area contributed by atoms with Crippen LogP contribution in [0.2, 0.25) is 0 Å². The molecule has 1 fully saturated rings. The van der Waals surface area contributed by atoms with Gasteiger partial charge in [0.05, 0.1) is 22.5 Å². The summed E-state index contributed by atoms with van der Waals surface area (Å²) in [6.07, 6.45) is 0.256. The first kappa shape index (κ1) is 16.5. The fraction of sp³-hybridized carbons (Fsp3) is 0.538. The molecule has 23 heavy (non-hydrogen) atoms. The van der Waals surface area contributed by atoms with Crippen molar-refractivity contribution in [3.63, 3.8) is 0 Å². The molecule has 0 spiro atoms. The van der Waals surface area contributed by atoms with Crippen LogP contribution in [-0.4, -0.2) is 54.0 Å². The van der Waals surface area contributed by atoms with Crippen LogP contribution in [0.1, 0.15) is 22.4 Å². The van der Waals surface area contributed by atoms with E-state index >= 15 is 0 Å². The predicted molar refractivity (Wildman–Crippen MR) is 89.6 cm³/mol. The zero-order valence-corrected chi connectivity index (χ0v) is 14.7. The van der Waals surface area contributed by atoms with Crippen molar-refractivity contribution in [3.05, 3.63) is 16.1 Å². The van der Waals surface area contributed by atoms with Crippen molar-refractivity contribution in [1.82, 2.24) is 19.8 Å². The Balaban J connectivity index is 1.82. The van der Waals surface area contributed by atoms with E-state index in [1.807, 2.05) is 13.8 Å². The van der Waals surface area contributed by atoms with Crippen LogP contribution in [0.3, 0.4) is 0 Å². The second-order valence-electron chi connectivity index (χ2n) is 5.89.